The molecular formula is C13H9BrFN3. The molecule has 1 aromatic carbocycles. The van der Waals surface area contributed by atoms with Gasteiger partial charge in [-0.05, 0) is 40.2 Å². The molecule has 2 aromatic rings. The van der Waals surface area contributed by atoms with Crippen LogP contribution in [0.5, 0.6) is 0 Å². The molecule has 0 bridgehead atoms. The fraction of sp³-hybridized carbons (Fsp3) is 0.0769. The van der Waals surface area contributed by atoms with E-state index >= 15 is 0 Å². The Labute approximate surface area is 112 Å². The van der Waals surface area contributed by atoms with Crippen molar-refractivity contribution in [1.82, 2.24) is 4.98 Å². The van der Waals surface area contributed by atoms with E-state index in [2.05, 4.69) is 26.2 Å². The number of anilines is 1. The number of nitrogens with zero attached hydrogens (tertiary/aromatic N) is 2. The second-order valence-corrected chi connectivity index (χ2v) is 4.55. The molecule has 0 saturated carbocycles. The number of hydrogen-bond donors (Lipinski definition) is 1. The maximum atomic E-state index is 13.6. The normalized spacial score (nSPS) is 9.83. The maximum absolute atomic E-state index is 13.6. The lowest BCUT2D eigenvalue weighted by Crippen LogP contribution is -2.03. The first-order valence-electron chi connectivity index (χ1n) is 5.23. The van der Waals surface area contributed by atoms with E-state index < -0.39 is 5.82 Å². The molecule has 0 unspecified atom stereocenters. The lowest BCUT2D eigenvalue weighted by molar-refractivity contribution is 0.612. The van der Waals surface area contributed by atoms with Gasteiger partial charge in [-0.3, -0.25) is 0 Å². The van der Waals surface area contributed by atoms with Gasteiger partial charge in [-0.2, -0.15) is 5.26 Å². The SMILES string of the molecule is N#Cc1ccc(CNc2ccc(Br)cn2)c(F)c1. The zero-order chi connectivity index (χ0) is 13.0. The average Bonchev–Trinajstić information content (AvgIpc) is 2.39. The summed E-state index contributed by atoms with van der Waals surface area (Å²) >= 11 is 3.29. The molecule has 0 aliphatic rings. The standard InChI is InChI=1S/C13H9BrFN3/c14-11-3-4-13(18-8-11)17-7-10-2-1-9(6-16)5-12(10)15/h1-5,8H,7H2,(H,17,18). The minimum atomic E-state index is -0.390. The molecule has 0 saturated heterocycles. The highest BCUT2D eigenvalue weighted by molar-refractivity contribution is 9.10. The predicted molar refractivity (Wildman–Crippen MR) is 70.4 cm³/mol. The predicted octanol–water partition coefficient (Wildman–Crippen LogP) is 3.47. The van der Waals surface area contributed by atoms with Gasteiger partial charge in [-0.25, -0.2) is 9.37 Å². The van der Waals surface area contributed by atoms with Crippen molar-refractivity contribution in [3.05, 3.63) is 57.9 Å². The van der Waals surface area contributed by atoms with Crippen LogP contribution in [0, 0.1) is 17.1 Å². The smallest absolute Gasteiger partial charge is 0.129 e. The van der Waals surface area contributed by atoms with Crippen molar-refractivity contribution in [1.29, 1.82) is 5.26 Å². The van der Waals surface area contributed by atoms with Crippen molar-refractivity contribution in [3.8, 4) is 6.07 Å². The number of pyridine rings is 1. The van der Waals surface area contributed by atoms with Crippen LogP contribution in [0.4, 0.5) is 10.2 Å². The maximum Gasteiger partial charge on any atom is 0.129 e. The molecule has 0 aliphatic carbocycles. The number of halogens is 2. The van der Waals surface area contributed by atoms with E-state index in [1.165, 1.54) is 6.07 Å². The van der Waals surface area contributed by atoms with Crippen LogP contribution in [0.1, 0.15) is 11.1 Å². The van der Waals surface area contributed by atoms with Gasteiger partial charge in [0.05, 0.1) is 11.6 Å². The highest BCUT2D eigenvalue weighted by Gasteiger charge is 2.03. The fourth-order valence-corrected chi connectivity index (χ4v) is 1.66. The van der Waals surface area contributed by atoms with Crippen molar-refractivity contribution in [2.24, 2.45) is 0 Å². The quantitative estimate of drug-likeness (QED) is 0.944. The largest absolute Gasteiger partial charge is 0.366 e. The fourth-order valence-electron chi connectivity index (χ4n) is 1.43. The summed E-state index contributed by atoms with van der Waals surface area (Å²) in [7, 11) is 0. The van der Waals surface area contributed by atoms with Crippen LogP contribution in [-0.4, -0.2) is 4.98 Å². The molecule has 18 heavy (non-hydrogen) atoms. The first kappa shape index (κ1) is 12.5. The third-order valence-electron chi connectivity index (χ3n) is 2.37. The van der Waals surface area contributed by atoms with Gasteiger partial charge in [0.1, 0.15) is 11.6 Å². The monoisotopic (exact) mass is 305 g/mol. The first-order chi connectivity index (χ1) is 8.69. The van der Waals surface area contributed by atoms with E-state index in [0.29, 0.717) is 23.5 Å². The Hall–Kier alpha value is -1.93. The van der Waals surface area contributed by atoms with Crippen LogP contribution in [-0.2, 0) is 6.54 Å². The first-order valence-corrected chi connectivity index (χ1v) is 6.02. The summed E-state index contributed by atoms with van der Waals surface area (Å²) in [4.78, 5) is 4.12. The van der Waals surface area contributed by atoms with E-state index in [4.69, 9.17) is 5.26 Å². The molecule has 3 nitrogen and oxygen atoms in total. The summed E-state index contributed by atoms with van der Waals surface area (Å²) in [5.74, 6) is 0.278. The Morgan fingerprint density at radius 3 is 2.78 bits per heavy atom. The zero-order valence-corrected chi connectivity index (χ0v) is 10.9. The van der Waals surface area contributed by atoms with E-state index in [1.807, 2.05) is 12.1 Å². The molecule has 0 spiro atoms. The molecule has 0 amide bonds. The van der Waals surface area contributed by atoms with Gasteiger partial charge in [0.15, 0.2) is 0 Å². The topological polar surface area (TPSA) is 48.7 Å². The van der Waals surface area contributed by atoms with Crippen LogP contribution < -0.4 is 5.32 Å². The lowest BCUT2D eigenvalue weighted by Gasteiger charge is -2.06. The van der Waals surface area contributed by atoms with Crippen LogP contribution >= 0.6 is 15.9 Å². The van der Waals surface area contributed by atoms with Gasteiger partial charge in [0.2, 0.25) is 0 Å². The van der Waals surface area contributed by atoms with Gasteiger partial charge >= 0.3 is 0 Å². The highest BCUT2D eigenvalue weighted by Crippen LogP contribution is 2.14. The molecule has 1 N–H and O–H groups in total. The van der Waals surface area contributed by atoms with Gasteiger partial charge in [-0.15, -0.1) is 0 Å². The molecule has 0 aliphatic heterocycles. The van der Waals surface area contributed by atoms with Gasteiger partial charge in [0, 0.05) is 22.8 Å². The van der Waals surface area contributed by atoms with Crippen LogP contribution in [0.15, 0.2) is 41.0 Å². The van der Waals surface area contributed by atoms with Crippen molar-refractivity contribution < 1.29 is 4.39 Å². The van der Waals surface area contributed by atoms with E-state index in [9.17, 15) is 4.39 Å². The van der Waals surface area contributed by atoms with Gasteiger partial charge in [0.25, 0.3) is 0 Å². The van der Waals surface area contributed by atoms with Crippen molar-refractivity contribution in [2.45, 2.75) is 6.54 Å². The van der Waals surface area contributed by atoms with Crippen LogP contribution in [0.2, 0.25) is 0 Å². The molecule has 0 radical (unpaired) electrons. The summed E-state index contributed by atoms with van der Waals surface area (Å²) < 4.78 is 14.5. The summed E-state index contributed by atoms with van der Waals surface area (Å²) in [5, 5.41) is 11.7. The minimum Gasteiger partial charge on any atom is -0.366 e. The van der Waals surface area contributed by atoms with E-state index in [1.54, 1.807) is 24.4 Å². The summed E-state index contributed by atoms with van der Waals surface area (Å²) in [6.07, 6.45) is 1.66. The molecule has 1 heterocycles. The minimum absolute atomic E-state index is 0.318. The summed E-state index contributed by atoms with van der Waals surface area (Å²) in [6, 6.07) is 9.96. The Bertz CT molecular complexity index is 590. The third kappa shape index (κ3) is 3.05. The summed E-state index contributed by atoms with van der Waals surface area (Å²) in [5.41, 5.74) is 0.816. The number of hydrogen-bond acceptors (Lipinski definition) is 3. The summed E-state index contributed by atoms with van der Waals surface area (Å²) in [6.45, 7) is 0.326. The molecular weight excluding hydrogens is 297 g/mol. The zero-order valence-electron chi connectivity index (χ0n) is 9.32. The number of benzene rings is 1. The van der Waals surface area contributed by atoms with Crippen molar-refractivity contribution in [3.63, 3.8) is 0 Å². The Balaban J connectivity index is 2.06. The van der Waals surface area contributed by atoms with Crippen molar-refractivity contribution in [2.75, 3.05) is 5.32 Å². The van der Waals surface area contributed by atoms with Gasteiger partial charge in [-0.1, -0.05) is 6.07 Å². The Morgan fingerprint density at radius 1 is 1.33 bits per heavy atom. The molecule has 2 rings (SSSR count). The lowest BCUT2D eigenvalue weighted by atomic mass is 10.1. The van der Waals surface area contributed by atoms with E-state index in [0.717, 1.165) is 4.47 Å². The Morgan fingerprint density at radius 2 is 2.17 bits per heavy atom. The molecule has 1 aromatic heterocycles. The molecule has 0 fully saturated rings. The molecule has 0 atom stereocenters. The van der Waals surface area contributed by atoms with Gasteiger partial charge < -0.3 is 5.32 Å². The third-order valence-corrected chi connectivity index (χ3v) is 2.84. The highest BCUT2D eigenvalue weighted by atomic mass is 79.9. The number of nitrogens with one attached hydrogen (secondary N) is 1. The Kier molecular flexibility index (Phi) is 3.90. The number of nitriles is 1. The van der Waals surface area contributed by atoms with Crippen molar-refractivity contribution >= 4 is 21.7 Å². The second kappa shape index (κ2) is 5.61. The van der Waals surface area contributed by atoms with Crippen LogP contribution in [0.3, 0.4) is 0 Å². The second-order valence-electron chi connectivity index (χ2n) is 3.63. The molecule has 90 valence electrons. The number of aromatic nitrogens is 1. The molecule has 5 heteroatoms. The van der Waals surface area contributed by atoms with Crippen LogP contribution in [0.25, 0.3) is 0 Å². The van der Waals surface area contributed by atoms with E-state index in [-0.39, 0.29) is 0 Å². The average molecular weight is 306 g/mol. The number of rotatable bonds is 3.